The fraction of sp³-hybridized carbons (Fsp3) is 0.558. The van der Waals surface area contributed by atoms with E-state index >= 15 is 0 Å². The number of esters is 1. The predicted octanol–water partition coefficient (Wildman–Crippen LogP) is 8.66. The lowest BCUT2D eigenvalue weighted by atomic mass is 10.0. The Kier molecular flexibility index (Phi) is 24.6. The van der Waals surface area contributed by atoms with Crippen molar-refractivity contribution < 1.29 is 43.2 Å². The molecule has 60 heavy (non-hydrogen) atoms. The van der Waals surface area contributed by atoms with Crippen molar-refractivity contribution in [1.29, 1.82) is 5.26 Å². The number of carbonyl (C=O) groups is 3. The van der Waals surface area contributed by atoms with Crippen LogP contribution in [0.5, 0.6) is 0 Å². The number of anilines is 1. The number of thiophene rings is 1. The smallest absolute Gasteiger partial charge is 0.348 e. The third-order valence-corrected chi connectivity index (χ3v) is 11.1. The Bertz CT molecular complexity index is 1830. The Morgan fingerprint density at radius 3 is 2.20 bits per heavy atom. The molecule has 0 saturated carbocycles. The largest absolute Gasteiger partial charge is 0.481 e. The van der Waals surface area contributed by atoms with Crippen LogP contribution in [0.4, 0.5) is 15.1 Å². The number of amides is 1. The van der Waals surface area contributed by atoms with Gasteiger partial charge in [0.15, 0.2) is 15.1 Å². The molecule has 2 aromatic heterocycles. The number of rotatable bonds is 32. The van der Waals surface area contributed by atoms with Crippen molar-refractivity contribution >= 4 is 55.7 Å². The topological polar surface area (TPSA) is 194 Å². The monoisotopic (exact) mass is 868 g/mol. The summed E-state index contributed by atoms with van der Waals surface area (Å²) >= 11 is 2.47. The third-order valence-electron chi connectivity index (χ3n) is 8.98. The quantitative estimate of drug-likeness (QED) is 0.0263. The number of carbonyl (C=O) groups excluding carboxylic acids is 2. The third kappa shape index (κ3) is 18.0. The molecule has 0 fully saturated rings. The van der Waals surface area contributed by atoms with Crippen LogP contribution in [0.15, 0.2) is 52.7 Å². The van der Waals surface area contributed by atoms with E-state index in [0.717, 1.165) is 47.7 Å². The van der Waals surface area contributed by atoms with Crippen molar-refractivity contribution in [2.75, 3.05) is 84.0 Å². The van der Waals surface area contributed by atoms with Crippen molar-refractivity contribution in [2.45, 2.75) is 72.6 Å². The van der Waals surface area contributed by atoms with Crippen LogP contribution in [0, 0.1) is 24.2 Å². The molecule has 1 unspecified atom stereocenters. The molecular formula is C43H60N6O9S2. The van der Waals surface area contributed by atoms with E-state index in [9.17, 15) is 24.8 Å². The van der Waals surface area contributed by atoms with Crippen molar-refractivity contribution in [3.8, 4) is 17.3 Å². The van der Waals surface area contributed by atoms with Crippen LogP contribution in [-0.2, 0) is 33.3 Å². The number of ether oxygens (including phenoxy) is 5. The van der Waals surface area contributed by atoms with Gasteiger partial charge >= 0.3 is 11.9 Å². The first kappa shape index (κ1) is 49.8. The van der Waals surface area contributed by atoms with E-state index in [1.54, 1.807) is 13.8 Å². The van der Waals surface area contributed by atoms with Crippen LogP contribution in [0.3, 0.4) is 0 Å². The summed E-state index contributed by atoms with van der Waals surface area (Å²) in [6, 6.07) is 11.8. The molecule has 0 bridgehead atoms. The Hall–Kier alpha value is -4.57. The number of thiazole rings is 1. The number of nitrogens with one attached hydrogen (secondary N) is 1. The number of aromatic nitrogens is 1. The van der Waals surface area contributed by atoms with Crippen LogP contribution in [0.2, 0.25) is 0 Å². The second-order valence-electron chi connectivity index (χ2n) is 13.5. The van der Waals surface area contributed by atoms with Gasteiger partial charge in [-0.25, -0.2) is 9.78 Å². The van der Waals surface area contributed by atoms with E-state index in [2.05, 4.69) is 33.4 Å². The minimum Gasteiger partial charge on any atom is -0.481 e. The minimum atomic E-state index is -0.957. The number of carboxylic acid groups (broad SMARTS) is 1. The van der Waals surface area contributed by atoms with Crippen LogP contribution in [0.1, 0.15) is 86.5 Å². The van der Waals surface area contributed by atoms with Gasteiger partial charge in [-0.05, 0) is 52.0 Å². The number of nitriles is 1. The molecule has 0 aliphatic carbocycles. The van der Waals surface area contributed by atoms with Gasteiger partial charge in [0.25, 0.3) is 0 Å². The number of aliphatic carboxylic acids is 1. The molecular weight excluding hydrogens is 809 g/mol. The first-order chi connectivity index (χ1) is 29.2. The Labute approximate surface area is 361 Å². The van der Waals surface area contributed by atoms with Crippen molar-refractivity contribution in [3.05, 3.63) is 58.5 Å². The number of hydrogen-bond acceptors (Lipinski definition) is 15. The first-order valence-electron chi connectivity index (χ1n) is 20.6. The van der Waals surface area contributed by atoms with Crippen LogP contribution in [0.25, 0.3) is 11.3 Å². The van der Waals surface area contributed by atoms with E-state index in [1.807, 2.05) is 49.4 Å². The Balaban J connectivity index is 1.30. The van der Waals surface area contributed by atoms with Gasteiger partial charge in [-0.1, -0.05) is 73.6 Å². The second kappa shape index (κ2) is 29.6. The number of hydrogen-bond donors (Lipinski definition) is 2. The lowest BCUT2D eigenvalue weighted by Gasteiger charge is -2.19. The second-order valence-corrected chi connectivity index (χ2v) is 15.4. The van der Waals surface area contributed by atoms with Crippen LogP contribution < -0.4 is 10.2 Å². The number of carboxylic acids is 1. The zero-order chi connectivity index (χ0) is 43.4. The van der Waals surface area contributed by atoms with Gasteiger partial charge < -0.3 is 39.0 Å². The molecule has 3 aromatic rings. The molecule has 1 amide bonds. The standard InChI is InChI=1S/C43H60N6O9S2/c1-5-8-9-10-11-13-19-34(41(51)52)30-36(50)45-20-16-22-54-24-26-56-28-29-57-27-25-55-23-21-49(6-2)43-46-37(33-17-14-12-15-18-33)40(60-43)48-47-39-35(31-44)32(4)38(59-39)42(53)58-7-3/h11-15,17-18,34H,5-10,16,19-30H2,1-4H3,(H,45,50)(H,51,52)/b13-11+,48-47?. The van der Waals surface area contributed by atoms with Crippen LogP contribution in [-0.4, -0.2) is 107 Å². The molecule has 328 valence electrons. The van der Waals surface area contributed by atoms with Gasteiger partial charge in [-0.3, -0.25) is 9.59 Å². The molecule has 3 rings (SSSR count). The summed E-state index contributed by atoms with van der Waals surface area (Å²) in [5.74, 6) is -2.43. The summed E-state index contributed by atoms with van der Waals surface area (Å²) in [4.78, 5) is 43.5. The molecule has 15 nitrogen and oxygen atoms in total. The molecule has 2 N–H and O–H groups in total. The van der Waals surface area contributed by atoms with E-state index in [1.165, 1.54) is 11.3 Å². The molecule has 2 heterocycles. The highest BCUT2D eigenvalue weighted by molar-refractivity contribution is 7.20. The fourth-order valence-electron chi connectivity index (χ4n) is 5.66. The van der Waals surface area contributed by atoms with Gasteiger partial charge in [0.2, 0.25) is 5.91 Å². The molecule has 0 aliphatic rings. The zero-order valence-corrected chi connectivity index (χ0v) is 37.0. The van der Waals surface area contributed by atoms with E-state index in [4.69, 9.17) is 28.7 Å². The van der Waals surface area contributed by atoms with Crippen molar-refractivity contribution in [2.24, 2.45) is 16.1 Å². The number of allylic oxidation sites excluding steroid dienone is 2. The van der Waals surface area contributed by atoms with Gasteiger partial charge in [0.1, 0.15) is 16.6 Å². The summed E-state index contributed by atoms with van der Waals surface area (Å²) in [7, 11) is 0. The minimum absolute atomic E-state index is 0.0389. The summed E-state index contributed by atoms with van der Waals surface area (Å²) in [6.45, 7) is 13.0. The highest BCUT2D eigenvalue weighted by Gasteiger charge is 2.23. The first-order valence-corrected chi connectivity index (χ1v) is 22.3. The Morgan fingerprint density at radius 1 is 0.900 bits per heavy atom. The Morgan fingerprint density at radius 2 is 1.57 bits per heavy atom. The van der Waals surface area contributed by atoms with Crippen LogP contribution >= 0.6 is 22.7 Å². The molecule has 0 spiro atoms. The fourth-order valence-corrected chi connectivity index (χ4v) is 7.63. The number of benzene rings is 1. The normalized spacial score (nSPS) is 11.9. The maximum atomic E-state index is 12.4. The van der Waals surface area contributed by atoms with Gasteiger partial charge in [-0.2, -0.15) is 5.26 Å². The number of likely N-dealkylation sites (N-methyl/N-ethyl adjacent to an activating group) is 1. The average Bonchev–Trinajstić information content (AvgIpc) is 3.82. The number of azo groups is 1. The molecule has 0 aliphatic heterocycles. The summed E-state index contributed by atoms with van der Waals surface area (Å²) in [5, 5.41) is 32.6. The SMILES string of the molecule is CCCCC/C=C/CC(CC(=O)NCCCOCCOCCOCCOCCN(CC)c1nc(-c2ccccc2)c(N=Nc2sc(C(=O)OCC)c(C)c2C#N)s1)C(=O)O. The zero-order valence-electron chi connectivity index (χ0n) is 35.3. The lowest BCUT2D eigenvalue weighted by molar-refractivity contribution is -0.143. The number of unbranched alkanes of at least 4 members (excludes halogenated alkanes) is 3. The predicted molar refractivity (Wildman–Crippen MR) is 234 cm³/mol. The molecule has 0 saturated heterocycles. The van der Waals surface area contributed by atoms with Crippen molar-refractivity contribution in [1.82, 2.24) is 10.3 Å². The van der Waals surface area contributed by atoms with E-state index in [0.29, 0.717) is 117 Å². The molecule has 1 atom stereocenters. The number of nitrogens with zero attached hydrogens (tertiary/aromatic N) is 5. The van der Waals surface area contributed by atoms with Gasteiger partial charge in [0, 0.05) is 38.2 Å². The maximum absolute atomic E-state index is 12.4. The lowest BCUT2D eigenvalue weighted by Crippen LogP contribution is -2.29. The summed E-state index contributed by atoms with van der Waals surface area (Å²) in [6.07, 6.45) is 9.13. The van der Waals surface area contributed by atoms with E-state index in [-0.39, 0.29) is 18.9 Å². The van der Waals surface area contributed by atoms with Gasteiger partial charge in [0.05, 0.1) is 64.3 Å². The summed E-state index contributed by atoms with van der Waals surface area (Å²) in [5.41, 5.74) is 2.37. The van der Waals surface area contributed by atoms with E-state index < -0.39 is 17.9 Å². The maximum Gasteiger partial charge on any atom is 0.348 e. The molecule has 0 radical (unpaired) electrons. The summed E-state index contributed by atoms with van der Waals surface area (Å²) < 4.78 is 27.8. The molecule has 17 heteroatoms. The molecule has 1 aromatic carbocycles. The average molecular weight is 869 g/mol. The van der Waals surface area contributed by atoms with Gasteiger partial charge in [-0.15, -0.1) is 21.6 Å². The van der Waals surface area contributed by atoms with Crippen molar-refractivity contribution in [3.63, 3.8) is 0 Å². The highest BCUT2D eigenvalue weighted by Crippen LogP contribution is 2.42. The highest BCUT2D eigenvalue weighted by atomic mass is 32.1.